The standard InChI is InChI=1S/C36H42O7/c1-21(37)41-32-23(20-29-27-14-12-22-19-24(38)13-15-25(22)26(27)16-18-35(29,32)5)9-8-17-36(33(40)43-34(2,3)4)31(39)28-10-6-7-11-30(28)42-36/h6-11,13,15,19,23,26-27,29,32,38H,12,14,16-18,20H2,1-5H3/b9-8+/t23-,26-,27-,29+,32+,35+,36-/m1/s1. The summed E-state index contributed by atoms with van der Waals surface area (Å²) in [4.78, 5) is 39.6. The molecule has 6 rings (SSSR count). The van der Waals surface area contributed by atoms with E-state index < -0.39 is 23.0 Å². The van der Waals surface area contributed by atoms with Gasteiger partial charge in [0, 0.05) is 24.7 Å². The number of benzene rings is 2. The van der Waals surface area contributed by atoms with Gasteiger partial charge >= 0.3 is 11.9 Å². The molecule has 0 saturated heterocycles. The molecule has 7 atom stereocenters. The first-order chi connectivity index (χ1) is 20.3. The maximum absolute atomic E-state index is 13.7. The van der Waals surface area contributed by atoms with Gasteiger partial charge in [-0.1, -0.05) is 37.3 Å². The van der Waals surface area contributed by atoms with Crippen LogP contribution >= 0.6 is 0 Å². The van der Waals surface area contributed by atoms with Crippen molar-refractivity contribution in [3.8, 4) is 11.5 Å². The molecule has 43 heavy (non-hydrogen) atoms. The van der Waals surface area contributed by atoms with Crippen LogP contribution in [-0.2, 0) is 25.5 Å². The average molecular weight is 587 g/mol. The van der Waals surface area contributed by atoms with Gasteiger partial charge in [-0.25, -0.2) is 4.79 Å². The zero-order valence-corrected chi connectivity index (χ0v) is 25.7. The maximum atomic E-state index is 13.7. The molecule has 0 unspecified atom stereocenters. The highest BCUT2D eigenvalue weighted by Crippen LogP contribution is 2.63. The van der Waals surface area contributed by atoms with Crippen LogP contribution in [0.2, 0.25) is 0 Å². The Kier molecular flexibility index (Phi) is 7.22. The van der Waals surface area contributed by atoms with Crippen molar-refractivity contribution in [2.45, 2.75) is 96.4 Å². The smallest absolute Gasteiger partial charge is 0.359 e. The lowest BCUT2D eigenvalue weighted by Gasteiger charge is -2.50. The number of phenolic OH excluding ortho intramolecular Hbond substituents is 1. The molecule has 4 aliphatic rings. The van der Waals surface area contributed by atoms with Crippen LogP contribution in [0.3, 0.4) is 0 Å². The third kappa shape index (κ3) is 5.04. The van der Waals surface area contributed by atoms with Crippen LogP contribution in [0.25, 0.3) is 0 Å². The Morgan fingerprint density at radius 3 is 2.63 bits per heavy atom. The second kappa shape index (κ2) is 10.5. The Balaban J connectivity index is 1.28. The number of Topliss-reactive ketones (excluding diaryl/α,β-unsaturated/α-hetero) is 1. The lowest BCUT2D eigenvalue weighted by atomic mass is 9.55. The van der Waals surface area contributed by atoms with Gasteiger partial charge in [0.05, 0.1) is 5.56 Å². The molecule has 2 aromatic carbocycles. The fraction of sp³-hybridized carbons (Fsp3) is 0.528. The minimum Gasteiger partial charge on any atom is -0.508 e. The number of ketones is 1. The van der Waals surface area contributed by atoms with E-state index in [1.54, 1.807) is 51.1 Å². The van der Waals surface area contributed by atoms with E-state index in [4.69, 9.17) is 14.2 Å². The molecule has 0 radical (unpaired) electrons. The van der Waals surface area contributed by atoms with Crippen molar-refractivity contribution in [2.24, 2.45) is 23.2 Å². The molecule has 228 valence electrons. The summed E-state index contributed by atoms with van der Waals surface area (Å²) in [6.07, 6.45) is 8.35. The van der Waals surface area contributed by atoms with E-state index in [-0.39, 0.29) is 29.8 Å². The predicted octanol–water partition coefficient (Wildman–Crippen LogP) is 6.71. The normalized spacial score (nSPS) is 32.8. The number of hydrogen-bond donors (Lipinski definition) is 1. The number of phenols is 1. The van der Waals surface area contributed by atoms with Crippen LogP contribution in [-0.4, -0.2) is 40.1 Å². The summed E-state index contributed by atoms with van der Waals surface area (Å²) in [6.45, 7) is 9.04. The van der Waals surface area contributed by atoms with Gasteiger partial charge in [0.25, 0.3) is 5.60 Å². The van der Waals surface area contributed by atoms with Crippen molar-refractivity contribution in [1.29, 1.82) is 0 Å². The summed E-state index contributed by atoms with van der Waals surface area (Å²) in [5, 5.41) is 10.1. The van der Waals surface area contributed by atoms with Gasteiger partial charge in [0.2, 0.25) is 5.78 Å². The van der Waals surface area contributed by atoms with E-state index in [9.17, 15) is 19.5 Å². The first-order valence-electron chi connectivity index (χ1n) is 15.5. The van der Waals surface area contributed by atoms with E-state index in [1.807, 2.05) is 18.2 Å². The molecule has 7 nitrogen and oxygen atoms in total. The topological polar surface area (TPSA) is 99.1 Å². The van der Waals surface area contributed by atoms with Crippen LogP contribution in [0.1, 0.15) is 94.1 Å². The molecule has 1 N–H and O–H groups in total. The van der Waals surface area contributed by atoms with Crippen molar-refractivity contribution in [3.05, 3.63) is 71.3 Å². The summed E-state index contributed by atoms with van der Waals surface area (Å²) < 4.78 is 17.9. The van der Waals surface area contributed by atoms with Crippen molar-refractivity contribution in [2.75, 3.05) is 0 Å². The molecule has 7 heteroatoms. The zero-order valence-electron chi connectivity index (χ0n) is 25.7. The minimum atomic E-state index is -1.80. The second-order valence-electron chi connectivity index (χ2n) is 14.2. The van der Waals surface area contributed by atoms with E-state index in [1.165, 1.54) is 18.1 Å². The fourth-order valence-corrected chi connectivity index (χ4v) is 8.52. The van der Waals surface area contributed by atoms with Gasteiger partial charge in [-0.3, -0.25) is 9.59 Å². The maximum Gasteiger partial charge on any atom is 0.359 e. The third-order valence-corrected chi connectivity index (χ3v) is 10.3. The summed E-state index contributed by atoms with van der Waals surface area (Å²) in [5.74, 6) is 0.443. The number of rotatable bonds is 5. The minimum absolute atomic E-state index is 0.0169. The van der Waals surface area contributed by atoms with Gasteiger partial charge in [-0.15, -0.1) is 0 Å². The second-order valence-corrected chi connectivity index (χ2v) is 14.2. The quantitative estimate of drug-likeness (QED) is 0.236. The Labute approximate surface area is 253 Å². The average Bonchev–Trinajstić information content (AvgIpc) is 3.38. The monoisotopic (exact) mass is 586 g/mol. The number of hydrogen-bond acceptors (Lipinski definition) is 7. The first-order valence-corrected chi connectivity index (χ1v) is 15.5. The Hall–Kier alpha value is -3.61. The number of carbonyl (C=O) groups excluding carboxylic acids is 3. The third-order valence-electron chi connectivity index (χ3n) is 10.3. The molecule has 0 spiro atoms. The summed E-state index contributed by atoms with van der Waals surface area (Å²) in [6, 6.07) is 12.7. The molecule has 2 saturated carbocycles. The lowest BCUT2D eigenvalue weighted by Crippen LogP contribution is -2.51. The highest BCUT2D eigenvalue weighted by molar-refractivity contribution is 6.19. The van der Waals surface area contributed by atoms with E-state index in [0.29, 0.717) is 34.8 Å². The van der Waals surface area contributed by atoms with Crippen molar-refractivity contribution < 1.29 is 33.7 Å². The highest BCUT2D eigenvalue weighted by Gasteiger charge is 2.60. The molecular weight excluding hydrogens is 544 g/mol. The highest BCUT2D eigenvalue weighted by atomic mass is 16.6. The number of fused-ring (bicyclic) bond motifs is 6. The molecule has 1 aliphatic heterocycles. The largest absolute Gasteiger partial charge is 0.508 e. The van der Waals surface area contributed by atoms with Crippen molar-refractivity contribution in [3.63, 3.8) is 0 Å². The summed E-state index contributed by atoms with van der Waals surface area (Å²) >= 11 is 0. The van der Waals surface area contributed by atoms with Crippen LogP contribution in [0.5, 0.6) is 11.5 Å². The van der Waals surface area contributed by atoms with E-state index in [2.05, 4.69) is 13.0 Å². The summed E-state index contributed by atoms with van der Waals surface area (Å²) in [7, 11) is 0. The number of aryl methyl sites for hydroxylation is 1. The van der Waals surface area contributed by atoms with Gasteiger partial charge in [-0.05, 0) is 106 Å². The van der Waals surface area contributed by atoms with Crippen molar-refractivity contribution >= 4 is 17.7 Å². The molecule has 0 bridgehead atoms. The molecule has 2 aromatic rings. The number of esters is 2. The van der Waals surface area contributed by atoms with Crippen LogP contribution in [0.15, 0.2) is 54.6 Å². The fourth-order valence-electron chi connectivity index (χ4n) is 8.52. The molecule has 2 fully saturated rings. The summed E-state index contributed by atoms with van der Waals surface area (Å²) in [5.41, 5.74) is 0.172. The van der Waals surface area contributed by atoms with Gasteiger partial charge in [-0.2, -0.15) is 0 Å². The predicted molar refractivity (Wildman–Crippen MR) is 161 cm³/mol. The van der Waals surface area contributed by atoms with Crippen LogP contribution < -0.4 is 4.74 Å². The molecule has 0 aromatic heterocycles. The van der Waals surface area contributed by atoms with Gasteiger partial charge < -0.3 is 19.3 Å². The van der Waals surface area contributed by atoms with Gasteiger partial charge in [0.15, 0.2) is 0 Å². The molecule has 3 aliphatic carbocycles. The van der Waals surface area contributed by atoms with Crippen molar-refractivity contribution in [1.82, 2.24) is 0 Å². The lowest BCUT2D eigenvalue weighted by molar-refractivity contribution is -0.168. The Morgan fingerprint density at radius 2 is 1.91 bits per heavy atom. The van der Waals surface area contributed by atoms with Gasteiger partial charge in [0.1, 0.15) is 23.2 Å². The number of para-hydroxylation sites is 1. The number of aromatic hydroxyl groups is 1. The van der Waals surface area contributed by atoms with Crippen LogP contribution in [0.4, 0.5) is 0 Å². The Bertz CT molecular complexity index is 1480. The number of carbonyl (C=O) groups is 3. The van der Waals surface area contributed by atoms with E-state index >= 15 is 0 Å². The Morgan fingerprint density at radius 1 is 1.14 bits per heavy atom. The molecule has 1 heterocycles. The molecular formula is C36H42O7. The van der Waals surface area contributed by atoms with Crippen LogP contribution in [0, 0.1) is 23.2 Å². The first kappa shape index (κ1) is 29.5. The van der Waals surface area contributed by atoms with E-state index in [0.717, 1.165) is 32.1 Å². The number of ether oxygens (including phenoxy) is 3. The zero-order chi connectivity index (χ0) is 30.7. The SMILES string of the molecule is CC(=O)O[C@H]1[C@H](/C=C/C[C@@]2(C(=O)OC(C)(C)C)Oc3ccccc3C2=O)C[C@H]2[C@@H]3CCc4cc(O)ccc4[C@H]3CC[C@@]21C. The molecule has 0 amide bonds.